The molecule has 208 valence electrons. The number of esters is 1. The zero-order chi connectivity index (χ0) is 28.6. The third kappa shape index (κ3) is 6.87. The van der Waals surface area contributed by atoms with E-state index in [9.17, 15) is 19.5 Å². The Hall–Kier alpha value is -5.22. The number of aromatic nitrogens is 2. The lowest BCUT2D eigenvalue weighted by atomic mass is 10.1. The van der Waals surface area contributed by atoms with Crippen molar-refractivity contribution in [3.63, 3.8) is 0 Å². The van der Waals surface area contributed by atoms with Crippen molar-refractivity contribution < 1.29 is 28.9 Å². The number of hydrogen-bond donors (Lipinski definition) is 2. The monoisotopic (exact) mass is 553 g/mol. The van der Waals surface area contributed by atoms with Gasteiger partial charge in [0, 0.05) is 11.8 Å². The molecular formula is C31H27N3O7. The Bertz CT molecular complexity index is 1590. The molecule has 0 aliphatic carbocycles. The first-order valence-electron chi connectivity index (χ1n) is 12.9. The number of cyclic esters (lactones) is 1. The molecule has 10 heteroatoms. The number of amides is 1. The summed E-state index contributed by atoms with van der Waals surface area (Å²) in [5.41, 5.74) is 1.37. The maximum atomic E-state index is 12.8. The number of carbonyl (C=O) groups excluding carboxylic acids is 2. The summed E-state index contributed by atoms with van der Waals surface area (Å²) < 4.78 is 18.4. The van der Waals surface area contributed by atoms with Crippen LogP contribution in [0.4, 0.5) is 5.82 Å². The quantitative estimate of drug-likeness (QED) is 0.271. The Morgan fingerprint density at radius 1 is 0.878 bits per heavy atom. The van der Waals surface area contributed by atoms with Crippen molar-refractivity contribution in [2.75, 3.05) is 5.32 Å². The van der Waals surface area contributed by atoms with Crippen LogP contribution in [0, 0.1) is 0 Å². The fraction of sp³-hybridized carbons (Fsp3) is 0.161. The van der Waals surface area contributed by atoms with Gasteiger partial charge in [0.05, 0.1) is 6.54 Å². The van der Waals surface area contributed by atoms with Crippen molar-refractivity contribution in [3.05, 3.63) is 142 Å². The van der Waals surface area contributed by atoms with Crippen LogP contribution in [-0.2, 0) is 38.8 Å². The first-order valence-corrected chi connectivity index (χ1v) is 12.9. The molecule has 4 aromatic rings. The van der Waals surface area contributed by atoms with Crippen LogP contribution in [0.3, 0.4) is 0 Å². The molecule has 1 aliphatic rings. The molecule has 0 saturated heterocycles. The summed E-state index contributed by atoms with van der Waals surface area (Å²) in [6.45, 7) is -0.0712. The Morgan fingerprint density at radius 2 is 1.46 bits per heavy atom. The van der Waals surface area contributed by atoms with Crippen molar-refractivity contribution in [3.8, 4) is 0 Å². The SMILES string of the molecule is O=C1O[C@H]([C@@H](O)Cn2ccc(NC(=O)c3ccccc3)nc2=O)C(OCc2ccccc2)=C1OCc1ccccc1. The molecule has 0 unspecified atom stereocenters. The molecule has 2 N–H and O–H groups in total. The second-order valence-corrected chi connectivity index (χ2v) is 9.20. The highest BCUT2D eigenvalue weighted by molar-refractivity contribution is 6.03. The molecular weight excluding hydrogens is 526 g/mol. The summed E-state index contributed by atoms with van der Waals surface area (Å²) in [6.07, 6.45) is -1.20. The second-order valence-electron chi connectivity index (χ2n) is 9.20. The second kappa shape index (κ2) is 12.8. The normalized spacial score (nSPS) is 15.2. The Morgan fingerprint density at radius 3 is 2.07 bits per heavy atom. The van der Waals surface area contributed by atoms with Crippen molar-refractivity contribution in [1.29, 1.82) is 0 Å². The zero-order valence-electron chi connectivity index (χ0n) is 21.9. The van der Waals surface area contributed by atoms with Crippen molar-refractivity contribution in [2.45, 2.75) is 32.0 Å². The lowest BCUT2D eigenvalue weighted by Crippen LogP contribution is -2.37. The number of nitrogens with one attached hydrogen (secondary N) is 1. The number of ether oxygens (including phenoxy) is 3. The molecule has 3 aromatic carbocycles. The highest BCUT2D eigenvalue weighted by Gasteiger charge is 2.42. The minimum absolute atomic E-state index is 0.0371. The number of rotatable bonds is 11. The molecule has 1 aliphatic heterocycles. The van der Waals surface area contributed by atoms with E-state index in [4.69, 9.17) is 14.2 Å². The van der Waals surface area contributed by atoms with E-state index in [1.807, 2.05) is 60.7 Å². The highest BCUT2D eigenvalue weighted by Crippen LogP contribution is 2.29. The average molecular weight is 554 g/mol. The molecule has 5 rings (SSSR count). The van der Waals surface area contributed by atoms with Crippen LogP contribution in [-0.4, -0.2) is 38.7 Å². The molecule has 0 spiro atoms. The highest BCUT2D eigenvalue weighted by atomic mass is 16.6. The summed E-state index contributed by atoms with van der Waals surface area (Å²) in [7, 11) is 0. The summed E-state index contributed by atoms with van der Waals surface area (Å²) in [6, 6.07) is 28.5. The topological polar surface area (TPSA) is 129 Å². The van der Waals surface area contributed by atoms with Crippen LogP contribution in [0.2, 0.25) is 0 Å². The Kier molecular flexibility index (Phi) is 8.51. The molecule has 0 fully saturated rings. The number of aliphatic hydroxyl groups excluding tert-OH is 1. The fourth-order valence-electron chi connectivity index (χ4n) is 4.16. The van der Waals surface area contributed by atoms with E-state index < -0.39 is 29.8 Å². The van der Waals surface area contributed by atoms with Gasteiger partial charge in [0.1, 0.15) is 25.1 Å². The van der Waals surface area contributed by atoms with E-state index in [1.165, 1.54) is 12.3 Å². The third-order valence-corrected chi connectivity index (χ3v) is 6.25. The molecule has 0 saturated carbocycles. The van der Waals surface area contributed by atoms with E-state index in [0.717, 1.165) is 15.7 Å². The van der Waals surface area contributed by atoms with Crippen LogP contribution in [0.15, 0.2) is 120 Å². The van der Waals surface area contributed by atoms with E-state index in [1.54, 1.807) is 30.3 Å². The Labute approximate surface area is 235 Å². The van der Waals surface area contributed by atoms with Gasteiger partial charge in [-0.15, -0.1) is 0 Å². The average Bonchev–Trinajstić information content (AvgIpc) is 3.32. The summed E-state index contributed by atoms with van der Waals surface area (Å²) in [4.78, 5) is 41.8. The van der Waals surface area contributed by atoms with Gasteiger partial charge in [0.2, 0.25) is 5.76 Å². The summed E-state index contributed by atoms with van der Waals surface area (Å²) >= 11 is 0. The number of benzene rings is 3. The van der Waals surface area contributed by atoms with Crippen LogP contribution >= 0.6 is 0 Å². The zero-order valence-corrected chi connectivity index (χ0v) is 21.9. The maximum Gasteiger partial charge on any atom is 0.378 e. The number of nitrogens with zero attached hydrogens (tertiary/aromatic N) is 2. The van der Waals surface area contributed by atoms with Gasteiger partial charge in [0.15, 0.2) is 11.9 Å². The van der Waals surface area contributed by atoms with Gasteiger partial charge in [0.25, 0.3) is 5.91 Å². The third-order valence-electron chi connectivity index (χ3n) is 6.25. The lowest BCUT2D eigenvalue weighted by molar-refractivity contribution is -0.148. The van der Waals surface area contributed by atoms with E-state index in [0.29, 0.717) is 5.56 Å². The molecule has 0 radical (unpaired) electrons. The van der Waals surface area contributed by atoms with Gasteiger partial charge < -0.3 is 24.6 Å². The van der Waals surface area contributed by atoms with E-state index >= 15 is 0 Å². The molecule has 2 heterocycles. The molecule has 1 amide bonds. The fourth-order valence-corrected chi connectivity index (χ4v) is 4.16. The molecule has 10 nitrogen and oxygen atoms in total. The number of aliphatic hydroxyl groups is 1. The number of anilines is 1. The molecule has 1 aromatic heterocycles. The van der Waals surface area contributed by atoms with Crippen LogP contribution < -0.4 is 11.0 Å². The first kappa shape index (κ1) is 27.4. The van der Waals surface area contributed by atoms with Gasteiger partial charge in [-0.2, -0.15) is 4.98 Å². The van der Waals surface area contributed by atoms with Crippen molar-refractivity contribution in [1.82, 2.24) is 9.55 Å². The van der Waals surface area contributed by atoms with Gasteiger partial charge in [-0.25, -0.2) is 9.59 Å². The lowest BCUT2D eigenvalue weighted by Gasteiger charge is -2.21. The van der Waals surface area contributed by atoms with Crippen molar-refractivity contribution in [2.24, 2.45) is 0 Å². The van der Waals surface area contributed by atoms with Crippen LogP contribution in [0.25, 0.3) is 0 Å². The summed E-state index contributed by atoms with van der Waals surface area (Å²) in [5, 5.41) is 13.6. The molecule has 0 bridgehead atoms. The number of hydrogen-bond acceptors (Lipinski definition) is 8. The number of carbonyl (C=O) groups is 2. The standard InChI is InChI=1S/C31H27N3O7/c35-24(18-34-17-16-25(33-31(34)38)32-29(36)23-14-8-3-9-15-23)26-27(39-19-21-10-4-1-5-11-21)28(30(37)41-26)40-20-22-12-6-2-7-13-22/h1-17,24,26,35H,18-20H2,(H,32,33,36,38)/t24-,26+/m0/s1. The van der Waals surface area contributed by atoms with Crippen LogP contribution in [0.1, 0.15) is 21.5 Å². The predicted molar refractivity (Wildman–Crippen MR) is 148 cm³/mol. The first-order chi connectivity index (χ1) is 20.0. The van der Waals surface area contributed by atoms with Gasteiger partial charge in [-0.3, -0.25) is 9.36 Å². The predicted octanol–water partition coefficient (Wildman–Crippen LogP) is 3.43. The van der Waals surface area contributed by atoms with Crippen LogP contribution in [0.5, 0.6) is 0 Å². The minimum atomic E-state index is -1.37. The molecule has 2 atom stereocenters. The minimum Gasteiger partial charge on any atom is -0.485 e. The van der Waals surface area contributed by atoms with Gasteiger partial charge in [-0.1, -0.05) is 78.9 Å². The summed E-state index contributed by atoms with van der Waals surface area (Å²) in [5.74, 6) is -1.24. The molecule has 41 heavy (non-hydrogen) atoms. The largest absolute Gasteiger partial charge is 0.485 e. The van der Waals surface area contributed by atoms with E-state index in [2.05, 4.69) is 10.3 Å². The van der Waals surface area contributed by atoms with Crippen molar-refractivity contribution >= 4 is 17.7 Å². The van der Waals surface area contributed by atoms with E-state index in [-0.39, 0.29) is 37.1 Å². The van der Waals surface area contributed by atoms with Gasteiger partial charge >= 0.3 is 11.7 Å². The maximum absolute atomic E-state index is 12.8. The van der Waals surface area contributed by atoms with Gasteiger partial charge in [-0.05, 0) is 29.3 Å². The smallest absolute Gasteiger partial charge is 0.378 e. The Balaban J connectivity index is 1.32.